The molecule has 0 radical (unpaired) electrons. The number of rotatable bonds is 7. The van der Waals surface area contributed by atoms with Gasteiger partial charge in [0.25, 0.3) is 0 Å². The van der Waals surface area contributed by atoms with Crippen LogP contribution in [0, 0.1) is 0 Å². The third-order valence-electron chi connectivity index (χ3n) is 5.40. The lowest BCUT2D eigenvalue weighted by molar-refractivity contribution is -0.143. The van der Waals surface area contributed by atoms with Gasteiger partial charge >= 0.3 is 5.97 Å². The number of hydrogen-bond donors (Lipinski definition) is 1. The van der Waals surface area contributed by atoms with Gasteiger partial charge in [0.2, 0.25) is 0 Å². The SMILES string of the molecule is CCCCCC(C)N1CCC(N2CCCC2C(=O)O)CC1. The molecular weight excluding hydrogens is 264 g/mol. The summed E-state index contributed by atoms with van der Waals surface area (Å²) in [5.41, 5.74) is 0. The van der Waals surface area contributed by atoms with E-state index in [2.05, 4.69) is 23.6 Å². The molecule has 0 bridgehead atoms. The van der Waals surface area contributed by atoms with Crippen LogP contribution < -0.4 is 0 Å². The van der Waals surface area contributed by atoms with E-state index in [9.17, 15) is 9.90 Å². The largest absolute Gasteiger partial charge is 0.480 e. The minimum absolute atomic E-state index is 0.219. The second-order valence-corrected chi connectivity index (χ2v) is 6.85. The zero-order chi connectivity index (χ0) is 15.2. The van der Waals surface area contributed by atoms with Gasteiger partial charge in [-0.2, -0.15) is 0 Å². The molecule has 0 aromatic rings. The normalized spacial score (nSPS) is 27.0. The third kappa shape index (κ3) is 4.43. The van der Waals surface area contributed by atoms with E-state index in [4.69, 9.17) is 0 Å². The molecule has 122 valence electrons. The van der Waals surface area contributed by atoms with Crippen molar-refractivity contribution in [1.82, 2.24) is 9.80 Å². The molecule has 0 saturated carbocycles. The van der Waals surface area contributed by atoms with Crippen LogP contribution in [0.2, 0.25) is 0 Å². The molecule has 0 aromatic carbocycles. The lowest BCUT2D eigenvalue weighted by Gasteiger charge is -2.40. The predicted octanol–water partition coefficient (Wildman–Crippen LogP) is 2.97. The van der Waals surface area contributed by atoms with E-state index < -0.39 is 5.97 Å². The van der Waals surface area contributed by atoms with Gasteiger partial charge in [0, 0.05) is 12.1 Å². The minimum Gasteiger partial charge on any atom is -0.480 e. The predicted molar refractivity (Wildman–Crippen MR) is 85.6 cm³/mol. The maximum Gasteiger partial charge on any atom is 0.320 e. The zero-order valence-electron chi connectivity index (χ0n) is 13.8. The van der Waals surface area contributed by atoms with Crippen molar-refractivity contribution >= 4 is 5.97 Å². The molecule has 1 N–H and O–H groups in total. The first-order chi connectivity index (χ1) is 10.1. The number of carboxylic acids is 1. The first kappa shape index (κ1) is 16.8. The molecule has 0 spiro atoms. The van der Waals surface area contributed by atoms with Gasteiger partial charge in [0.1, 0.15) is 6.04 Å². The topological polar surface area (TPSA) is 43.8 Å². The summed E-state index contributed by atoms with van der Waals surface area (Å²) in [7, 11) is 0. The number of carboxylic acid groups (broad SMARTS) is 1. The molecule has 0 aliphatic carbocycles. The number of carbonyl (C=O) groups is 1. The van der Waals surface area contributed by atoms with Crippen molar-refractivity contribution in [3.05, 3.63) is 0 Å². The fraction of sp³-hybridized carbons (Fsp3) is 0.941. The summed E-state index contributed by atoms with van der Waals surface area (Å²) < 4.78 is 0. The highest BCUT2D eigenvalue weighted by Crippen LogP contribution is 2.27. The first-order valence-corrected chi connectivity index (χ1v) is 8.86. The van der Waals surface area contributed by atoms with E-state index in [0.29, 0.717) is 12.1 Å². The summed E-state index contributed by atoms with van der Waals surface area (Å²) in [4.78, 5) is 16.2. The molecule has 2 saturated heterocycles. The molecule has 2 aliphatic heterocycles. The van der Waals surface area contributed by atoms with Crippen LogP contribution in [-0.4, -0.2) is 58.6 Å². The number of unbranched alkanes of at least 4 members (excludes halogenated alkanes) is 2. The highest BCUT2D eigenvalue weighted by atomic mass is 16.4. The van der Waals surface area contributed by atoms with E-state index in [1.165, 1.54) is 25.7 Å². The van der Waals surface area contributed by atoms with Crippen LogP contribution in [0.4, 0.5) is 0 Å². The molecule has 21 heavy (non-hydrogen) atoms. The molecule has 2 fully saturated rings. The standard InChI is InChI=1S/C17H32N2O2/c1-3-4-5-7-14(2)18-12-9-15(10-13-18)19-11-6-8-16(19)17(20)21/h14-16H,3-13H2,1-2H3,(H,20,21). The van der Waals surface area contributed by atoms with Crippen LogP contribution in [0.3, 0.4) is 0 Å². The van der Waals surface area contributed by atoms with Crippen molar-refractivity contribution in [2.24, 2.45) is 0 Å². The minimum atomic E-state index is -0.622. The number of piperidine rings is 1. The Morgan fingerprint density at radius 2 is 1.90 bits per heavy atom. The average molecular weight is 296 g/mol. The Balaban J connectivity index is 1.76. The van der Waals surface area contributed by atoms with E-state index in [-0.39, 0.29) is 6.04 Å². The maximum atomic E-state index is 11.3. The van der Waals surface area contributed by atoms with Crippen LogP contribution in [0.5, 0.6) is 0 Å². The van der Waals surface area contributed by atoms with Crippen molar-refractivity contribution in [3.63, 3.8) is 0 Å². The monoisotopic (exact) mass is 296 g/mol. The molecule has 2 atom stereocenters. The van der Waals surface area contributed by atoms with Crippen molar-refractivity contribution < 1.29 is 9.90 Å². The number of nitrogens with zero attached hydrogens (tertiary/aromatic N) is 2. The summed E-state index contributed by atoms with van der Waals surface area (Å²) in [6.45, 7) is 7.87. The Labute approximate surface area is 129 Å². The van der Waals surface area contributed by atoms with E-state index in [0.717, 1.165) is 45.3 Å². The highest BCUT2D eigenvalue weighted by molar-refractivity contribution is 5.73. The molecule has 2 rings (SSSR count). The van der Waals surface area contributed by atoms with Crippen molar-refractivity contribution in [2.45, 2.75) is 83.3 Å². The Morgan fingerprint density at radius 1 is 1.19 bits per heavy atom. The number of hydrogen-bond acceptors (Lipinski definition) is 3. The van der Waals surface area contributed by atoms with Gasteiger partial charge in [-0.3, -0.25) is 9.69 Å². The first-order valence-electron chi connectivity index (χ1n) is 8.86. The fourth-order valence-corrected chi connectivity index (χ4v) is 4.02. The second kappa shape index (κ2) is 8.14. The molecule has 0 amide bonds. The Bertz CT molecular complexity index is 327. The van der Waals surface area contributed by atoms with Crippen LogP contribution in [0.25, 0.3) is 0 Å². The average Bonchev–Trinajstić information content (AvgIpc) is 2.97. The Morgan fingerprint density at radius 3 is 2.52 bits per heavy atom. The maximum absolute atomic E-state index is 11.3. The quantitative estimate of drug-likeness (QED) is 0.734. The van der Waals surface area contributed by atoms with Crippen LogP contribution in [-0.2, 0) is 4.79 Å². The molecule has 4 nitrogen and oxygen atoms in total. The van der Waals surface area contributed by atoms with Gasteiger partial charge in [-0.05, 0) is 58.7 Å². The molecule has 4 heteroatoms. The Hall–Kier alpha value is -0.610. The van der Waals surface area contributed by atoms with Crippen molar-refractivity contribution in [2.75, 3.05) is 19.6 Å². The van der Waals surface area contributed by atoms with Gasteiger partial charge < -0.3 is 10.0 Å². The summed E-state index contributed by atoms with van der Waals surface area (Å²) in [5.74, 6) is -0.622. The highest BCUT2D eigenvalue weighted by Gasteiger charge is 2.36. The second-order valence-electron chi connectivity index (χ2n) is 6.85. The van der Waals surface area contributed by atoms with E-state index in [1.807, 2.05) is 0 Å². The summed E-state index contributed by atoms with van der Waals surface area (Å²) in [6.07, 6.45) is 9.44. The van der Waals surface area contributed by atoms with Gasteiger partial charge in [-0.25, -0.2) is 0 Å². The molecule has 2 unspecified atom stereocenters. The van der Waals surface area contributed by atoms with Gasteiger partial charge in [-0.1, -0.05) is 26.2 Å². The van der Waals surface area contributed by atoms with Crippen LogP contribution in [0.1, 0.15) is 65.2 Å². The lowest BCUT2D eigenvalue weighted by atomic mass is 9.99. The molecule has 2 heterocycles. The number of likely N-dealkylation sites (tertiary alicyclic amines) is 2. The number of aliphatic carboxylic acids is 1. The molecule has 0 aromatic heterocycles. The van der Waals surface area contributed by atoms with Crippen molar-refractivity contribution in [3.8, 4) is 0 Å². The van der Waals surface area contributed by atoms with Gasteiger partial charge in [0.05, 0.1) is 0 Å². The zero-order valence-corrected chi connectivity index (χ0v) is 13.8. The van der Waals surface area contributed by atoms with Crippen molar-refractivity contribution in [1.29, 1.82) is 0 Å². The molecular formula is C17H32N2O2. The summed E-state index contributed by atoms with van der Waals surface area (Å²) in [5, 5.41) is 9.32. The van der Waals surface area contributed by atoms with E-state index in [1.54, 1.807) is 0 Å². The van der Waals surface area contributed by atoms with Crippen LogP contribution in [0.15, 0.2) is 0 Å². The fourth-order valence-electron chi connectivity index (χ4n) is 4.02. The third-order valence-corrected chi connectivity index (χ3v) is 5.40. The van der Waals surface area contributed by atoms with Gasteiger partial charge in [-0.15, -0.1) is 0 Å². The summed E-state index contributed by atoms with van der Waals surface area (Å²) in [6, 6.07) is 0.961. The van der Waals surface area contributed by atoms with Gasteiger partial charge in [0.15, 0.2) is 0 Å². The lowest BCUT2D eigenvalue weighted by Crippen LogP contribution is -2.50. The smallest absolute Gasteiger partial charge is 0.320 e. The summed E-state index contributed by atoms with van der Waals surface area (Å²) >= 11 is 0. The van der Waals surface area contributed by atoms with Crippen LogP contribution >= 0.6 is 0 Å². The molecule has 2 aliphatic rings. The Kier molecular flexibility index (Phi) is 6.49. The van der Waals surface area contributed by atoms with E-state index >= 15 is 0 Å².